The minimum absolute atomic E-state index is 0.0469. The third-order valence-corrected chi connectivity index (χ3v) is 4.13. The number of imidazole rings is 1. The topological polar surface area (TPSA) is 71.2 Å². The van der Waals surface area contributed by atoms with E-state index in [1.54, 1.807) is 53.4 Å². The van der Waals surface area contributed by atoms with Gasteiger partial charge < -0.3 is 10.0 Å². The van der Waals surface area contributed by atoms with Gasteiger partial charge in [-0.25, -0.2) is 9.97 Å². The van der Waals surface area contributed by atoms with Gasteiger partial charge in [0.2, 0.25) is 0 Å². The minimum atomic E-state index is -0.515. The lowest BCUT2D eigenvalue weighted by atomic mass is 9.97. The third kappa shape index (κ3) is 2.87. The molecule has 1 amide bonds. The Morgan fingerprint density at radius 1 is 1.41 bits per heavy atom. The highest BCUT2D eigenvalue weighted by atomic mass is 16.3. The van der Waals surface area contributed by atoms with Gasteiger partial charge >= 0.3 is 0 Å². The molecule has 1 aliphatic rings. The number of pyridine rings is 1. The summed E-state index contributed by atoms with van der Waals surface area (Å²) in [5.74, 6) is 0.614. The number of carbonyl (C=O) groups is 1. The van der Waals surface area contributed by atoms with Crippen molar-refractivity contribution in [1.29, 1.82) is 0 Å². The fraction of sp³-hybridized carbons (Fsp3) is 0.438. The molecule has 2 aromatic rings. The molecule has 3 rings (SSSR count). The third-order valence-electron chi connectivity index (χ3n) is 4.13. The van der Waals surface area contributed by atoms with Crippen molar-refractivity contribution in [3.8, 4) is 5.82 Å². The minimum Gasteiger partial charge on any atom is -0.391 e. The van der Waals surface area contributed by atoms with Crippen molar-refractivity contribution in [2.75, 3.05) is 6.54 Å². The van der Waals surface area contributed by atoms with Gasteiger partial charge in [-0.05, 0) is 38.3 Å². The summed E-state index contributed by atoms with van der Waals surface area (Å²) in [7, 11) is 0. The highest BCUT2D eigenvalue weighted by Gasteiger charge is 2.30. The van der Waals surface area contributed by atoms with Crippen LogP contribution >= 0.6 is 0 Å². The number of hydrogen-bond donors (Lipinski definition) is 1. The monoisotopic (exact) mass is 300 g/mol. The zero-order chi connectivity index (χ0) is 15.5. The van der Waals surface area contributed by atoms with Crippen LogP contribution in [0.5, 0.6) is 0 Å². The number of hydrogen-bond acceptors (Lipinski definition) is 4. The molecule has 2 atom stereocenters. The standard InChI is InChI=1S/C16H20N4O2/c1-12(21)14-4-2-3-8-20(14)16(22)13-5-6-18-15(10-13)19-9-7-17-11-19/h5-7,9-12,14,21H,2-4,8H2,1H3. The predicted octanol–water partition coefficient (Wildman–Crippen LogP) is 1.64. The Balaban J connectivity index is 1.86. The van der Waals surface area contributed by atoms with Crippen LogP contribution < -0.4 is 0 Å². The summed E-state index contributed by atoms with van der Waals surface area (Å²) in [6, 6.07) is 3.37. The average Bonchev–Trinajstić information content (AvgIpc) is 3.09. The van der Waals surface area contributed by atoms with E-state index in [0.717, 1.165) is 19.3 Å². The number of aliphatic hydroxyl groups excluding tert-OH is 1. The van der Waals surface area contributed by atoms with E-state index in [4.69, 9.17) is 0 Å². The van der Waals surface area contributed by atoms with Gasteiger partial charge in [0, 0.05) is 30.7 Å². The fourth-order valence-electron chi connectivity index (χ4n) is 2.96. The van der Waals surface area contributed by atoms with E-state index in [-0.39, 0.29) is 11.9 Å². The molecule has 0 bridgehead atoms. The van der Waals surface area contributed by atoms with E-state index in [9.17, 15) is 9.90 Å². The van der Waals surface area contributed by atoms with E-state index in [1.165, 1.54) is 0 Å². The summed E-state index contributed by atoms with van der Waals surface area (Å²) in [6.45, 7) is 2.44. The summed E-state index contributed by atoms with van der Waals surface area (Å²) in [5.41, 5.74) is 0.589. The number of likely N-dealkylation sites (tertiary alicyclic amines) is 1. The normalized spacial score (nSPS) is 19.9. The van der Waals surface area contributed by atoms with Crippen molar-refractivity contribution in [2.24, 2.45) is 0 Å². The maximum Gasteiger partial charge on any atom is 0.254 e. The Morgan fingerprint density at radius 3 is 3.00 bits per heavy atom. The zero-order valence-electron chi connectivity index (χ0n) is 12.6. The Labute approximate surface area is 129 Å². The highest BCUT2D eigenvalue weighted by Crippen LogP contribution is 2.22. The van der Waals surface area contributed by atoms with E-state index in [2.05, 4.69) is 9.97 Å². The second kappa shape index (κ2) is 6.27. The predicted molar refractivity (Wildman–Crippen MR) is 81.7 cm³/mol. The van der Waals surface area contributed by atoms with Crippen molar-refractivity contribution in [3.05, 3.63) is 42.6 Å². The van der Waals surface area contributed by atoms with E-state index >= 15 is 0 Å². The van der Waals surface area contributed by atoms with Crippen LogP contribution in [0.2, 0.25) is 0 Å². The molecule has 0 radical (unpaired) electrons. The van der Waals surface area contributed by atoms with Crippen LogP contribution in [0.3, 0.4) is 0 Å². The number of rotatable bonds is 3. The first-order chi connectivity index (χ1) is 10.7. The fourth-order valence-corrected chi connectivity index (χ4v) is 2.96. The van der Waals surface area contributed by atoms with Crippen LogP contribution in [0.15, 0.2) is 37.1 Å². The van der Waals surface area contributed by atoms with Crippen molar-refractivity contribution in [2.45, 2.75) is 38.3 Å². The van der Waals surface area contributed by atoms with Gasteiger partial charge in [-0.3, -0.25) is 9.36 Å². The maximum atomic E-state index is 12.8. The molecule has 1 fully saturated rings. The Hall–Kier alpha value is -2.21. The lowest BCUT2D eigenvalue weighted by Gasteiger charge is -2.37. The Kier molecular flexibility index (Phi) is 4.20. The molecule has 0 saturated carbocycles. The largest absolute Gasteiger partial charge is 0.391 e. The molecular weight excluding hydrogens is 280 g/mol. The van der Waals surface area contributed by atoms with Crippen molar-refractivity contribution < 1.29 is 9.90 Å². The lowest BCUT2D eigenvalue weighted by molar-refractivity contribution is 0.0281. The van der Waals surface area contributed by atoms with Gasteiger partial charge in [-0.2, -0.15) is 0 Å². The second-order valence-corrected chi connectivity index (χ2v) is 5.67. The summed E-state index contributed by atoms with van der Waals surface area (Å²) < 4.78 is 1.76. The number of aliphatic hydroxyl groups is 1. The molecule has 22 heavy (non-hydrogen) atoms. The molecular formula is C16H20N4O2. The Morgan fingerprint density at radius 2 is 2.27 bits per heavy atom. The number of nitrogens with zero attached hydrogens (tertiary/aromatic N) is 4. The van der Waals surface area contributed by atoms with Crippen LogP contribution in [0, 0.1) is 0 Å². The first kappa shape index (κ1) is 14.7. The van der Waals surface area contributed by atoms with Gasteiger partial charge in [0.25, 0.3) is 5.91 Å². The number of aromatic nitrogens is 3. The van der Waals surface area contributed by atoms with Gasteiger partial charge in [0.15, 0.2) is 0 Å². The molecule has 1 N–H and O–H groups in total. The first-order valence-corrected chi connectivity index (χ1v) is 7.60. The molecule has 0 aromatic carbocycles. The number of amides is 1. The molecule has 1 saturated heterocycles. The van der Waals surface area contributed by atoms with Crippen LogP contribution in [0.4, 0.5) is 0 Å². The smallest absolute Gasteiger partial charge is 0.254 e. The number of piperidine rings is 1. The maximum absolute atomic E-state index is 12.8. The molecule has 116 valence electrons. The summed E-state index contributed by atoms with van der Waals surface area (Å²) in [4.78, 5) is 22.9. The molecule has 6 nitrogen and oxygen atoms in total. The van der Waals surface area contributed by atoms with Crippen LogP contribution in [-0.4, -0.2) is 49.1 Å². The van der Waals surface area contributed by atoms with Crippen LogP contribution in [0.25, 0.3) is 5.82 Å². The van der Waals surface area contributed by atoms with Crippen LogP contribution in [0.1, 0.15) is 36.5 Å². The number of carbonyl (C=O) groups excluding carboxylic acids is 1. The average molecular weight is 300 g/mol. The molecule has 2 unspecified atom stereocenters. The van der Waals surface area contributed by atoms with Crippen molar-refractivity contribution in [3.63, 3.8) is 0 Å². The van der Waals surface area contributed by atoms with Gasteiger partial charge in [0.1, 0.15) is 12.1 Å². The Bertz CT molecular complexity index is 639. The molecule has 3 heterocycles. The quantitative estimate of drug-likeness (QED) is 0.935. The second-order valence-electron chi connectivity index (χ2n) is 5.67. The first-order valence-electron chi connectivity index (χ1n) is 7.60. The molecule has 6 heteroatoms. The van der Waals surface area contributed by atoms with Gasteiger partial charge in [-0.15, -0.1) is 0 Å². The van der Waals surface area contributed by atoms with Gasteiger partial charge in [-0.1, -0.05) is 0 Å². The van der Waals surface area contributed by atoms with E-state index in [0.29, 0.717) is 17.9 Å². The highest BCUT2D eigenvalue weighted by molar-refractivity contribution is 5.94. The summed E-state index contributed by atoms with van der Waals surface area (Å²) >= 11 is 0. The van der Waals surface area contributed by atoms with Crippen molar-refractivity contribution >= 4 is 5.91 Å². The lowest BCUT2D eigenvalue weighted by Crippen LogP contribution is -2.48. The van der Waals surface area contributed by atoms with E-state index in [1.807, 2.05) is 0 Å². The SMILES string of the molecule is CC(O)C1CCCCN1C(=O)c1ccnc(-n2ccnc2)c1. The molecule has 2 aromatic heterocycles. The zero-order valence-corrected chi connectivity index (χ0v) is 12.6. The molecule has 0 spiro atoms. The molecule has 0 aliphatic carbocycles. The van der Waals surface area contributed by atoms with Crippen molar-refractivity contribution in [1.82, 2.24) is 19.4 Å². The summed E-state index contributed by atoms with van der Waals surface area (Å²) in [6.07, 6.45) is 9.10. The van der Waals surface area contributed by atoms with Crippen LogP contribution in [-0.2, 0) is 0 Å². The van der Waals surface area contributed by atoms with Gasteiger partial charge in [0.05, 0.1) is 12.1 Å². The summed E-state index contributed by atoms with van der Waals surface area (Å²) in [5, 5.41) is 9.93. The van der Waals surface area contributed by atoms with E-state index < -0.39 is 6.10 Å². The molecule has 1 aliphatic heterocycles.